The molecule has 0 radical (unpaired) electrons. The van der Waals surface area contributed by atoms with E-state index in [1.54, 1.807) is 14.0 Å². The van der Waals surface area contributed by atoms with Crippen LogP contribution >= 0.6 is 0 Å². The van der Waals surface area contributed by atoms with E-state index >= 15 is 0 Å². The van der Waals surface area contributed by atoms with Crippen molar-refractivity contribution in [1.82, 2.24) is 15.1 Å². The van der Waals surface area contributed by atoms with E-state index in [2.05, 4.69) is 10.4 Å². The second kappa shape index (κ2) is 6.83. The van der Waals surface area contributed by atoms with E-state index in [1.165, 1.54) is 0 Å². The molecule has 1 aliphatic heterocycles. The number of rotatable bonds is 5. The molecule has 122 valence electrons. The third-order valence-corrected chi connectivity index (χ3v) is 3.97. The number of hydrogen-bond donors (Lipinski definition) is 1. The molecule has 23 heavy (non-hydrogen) atoms. The summed E-state index contributed by atoms with van der Waals surface area (Å²) >= 11 is 0. The number of esters is 1. The Hall–Kier alpha value is -2.34. The number of methoxy groups -OCH3 is 1. The van der Waals surface area contributed by atoms with Gasteiger partial charge in [-0.25, -0.2) is 4.79 Å². The Bertz CT molecular complexity index is 692. The monoisotopic (exact) mass is 315 g/mol. The molecule has 0 amide bonds. The number of nitrogens with one attached hydrogen (secondary N) is 1. The maximum absolute atomic E-state index is 12.1. The van der Waals surface area contributed by atoms with Crippen LogP contribution in [0, 0.1) is 0 Å². The quantitative estimate of drug-likeness (QED) is 0.852. The molecule has 6 nitrogen and oxygen atoms in total. The number of carbonyl (C=O) groups excluding carboxylic acids is 1. The minimum Gasteiger partial charge on any atom is -0.497 e. The van der Waals surface area contributed by atoms with Gasteiger partial charge in [0.05, 0.1) is 20.3 Å². The van der Waals surface area contributed by atoms with E-state index in [1.807, 2.05) is 28.9 Å². The molecule has 0 aliphatic carbocycles. The molecule has 3 rings (SSSR count). The van der Waals surface area contributed by atoms with Crippen molar-refractivity contribution < 1.29 is 14.3 Å². The van der Waals surface area contributed by atoms with Crippen molar-refractivity contribution in [3.8, 4) is 5.75 Å². The van der Waals surface area contributed by atoms with Crippen molar-refractivity contribution in [2.75, 3.05) is 20.3 Å². The molecular formula is C17H21N3O3. The summed E-state index contributed by atoms with van der Waals surface area (Å²) in [4.78, 5) is 12.1. The molecule has 0 atom stereocenters. The van der Waals surface area contributed by atoms with Gasteiger partial charge in [0, 0.05) is 30.8 Å². The lowest BCUT2D eigenvalue weighted by Crippen LogP contribution is -2.25. The first kappa shape index (κ1) is 15.6. The van der Waals surface area contributed by atoms with Gasteiger partial charge < -0.3 is 14.8 Å². The molecule has 0 spiro atoms. The number of ether oxygens (including phenoxy) is 2. The summed E-state index contributed by atoms with van der Waals surface area (Å²) in [6.07, 6.45) is 0.859. The Kier molecular flexibility index (Phi) is 4.62. The Labute approximate surface area is 135 Å². The van der Waals surface area contributed by atoms with E-state index in [0.717, 1.165) is 35.5 Å². The first-order valence-corrected chi connectivity index (χ1v) is 7.82. The predicted molar refractivity (Wildman–Crippen MR) is 85.7 cm³/mol. The van der Waals surface area contributed by atoms with Crippen molar-refractivity contribution in [1.29, 1.82) is 0 Å². The van der Waals surface area contributed by atoms with Gasteiger partial charge in [-0.1, -0.05) is 12.1 Å². The Morgan fingerprint density at radius 2 is 2.13 bits per heavy atom. The molecule has 2 aromatic rings. The van der Waals surface area contributed by atoms with E-state index < -0.39 is 0 Å². The summed E-state index contributed by atoms with van der Waals surface area (Å²) < 4.78 is 12.2. The fraction of sp³-hybridized carbons (Fsp3) is 0.412. The fourth-order valence-electron chi connectivity index (χ4n) is 2.82. The van der Waals surface area contributed by atoms with Gasteiger partial charge in [0.25, 0.3) is 0 Å². The molecule has 1 aliphatic rings. The summed E-state index contributed by atoms with van der Waals surface area (Å²) in [6.45, 7) is 4.34. The van der Waals surface area contributed by atoms with Crippen LogP contribution in [0.15, 0.2) is 24.3 Å². The number of fused-ring (bicyclic) bond motifs is 1. The average Bonchev–Trinajstić information content (AvgIpc) is 2.95. The number of nitrogens with zero attached hydrogens (tertiary/aromatic N) is 2. The van der Waals surface area contributed by atoms with Gasteiger partial charge in [-0.05, 0) is 24.6 Å². The minimum absolute atomic E-state index is 0.346. The molecule has 0 bridgehead atoms. The zero-order valence-corrected chi connectivity index (χ0v) is 13.5. The van der Waals surface area contributed by atoms with Crippen LogP contribution in [-0.4, -0.2) is 36.0 Å². The predicted octanol–water partition coefficient (Wildman–Crippen LogP) is 1.76. The van der Waals surface area contributed by atoms with Gasteiger partial charge >= 0.3 is 5.97 Å². The van der Waals surface area contributed by atoms with Gasteiger partial charge in [0.2, 0.25) is 0 Å². The normalized spacial score (nSPS) is 13.5. The topological polar surface area (TPSA) is 65.4 Å². The largest absolute Gasteiger partial charge is 0.497 e. The van der Waals surface area contributed by atoms with Gasteiger partial charge in [0.15, 0.2) is 5.69 Å². The second-order valence-electron chi connectivity index (χ2n) is 5.43. The summed E-state index contributed by atoms with van der Waals surface area (Å²) in [5.41, 5.74) is 3.62. The molecule has 1 N–H and O–H groups in total. The molecule has 1 aromatic heterocycles. The Morgan fingerprint density at radius 3 is 2.83 bits per heavy atom. The SMILES string of the molecule is CCOC(=O)c1nn(Cc2ccc(OC)cc2)c2c1CNCC2. The molecule has 0 saturated carbocycles. The van der Waals surface area contributed by atoms with Gasteiger partial charge in [0.1, 0.15) is 5.75 Å². The first-order chi connectivity index (χ1) is 11.2. The molecule has 1 aromatic carbocycles. The number of hydrogen-bond acceptors (Lipinski definition) is 5. The van der Waals surface area contributed by atoms with Gasteiger partial charge in [-0.15, -0.1) is 0 Å². The van der Waals surface area contributed by atoms with Crippen LogP contribution in [0.2, 0.25) is 0 Å². The highest BCUT2D eigenvalue weighted by Crippen LogP contribution is 2.21. The zero-order valence-electron chi connectivity index (χ0n) is 13.5. The highest BCUT2D eigenvalue weighted by Gasteiger charge is 2.25. The zero-order chi connectivity index (χ0) is 16.2. The van der Waals surface area contributed by atoms with Crippen LogP contribution in [0.4, 0.5) is 0 Å². The standard InChI is InChI=1S/C17H21N3O3/c1-3-23-17(21)16-14-10-18-9-8-15(14)20(19-16)11-12-4-6-13(22-2)7-5-12/h4-7,18H,3,8-11H2,1-2H3. The highest BCUT2D eigenvalue weighted by atomic mass is 16.5. The number of aromatic nitrogens is 2. The van der Waals surface area contributed by atoms with Crippen molar-refractivity contribution in [3.05, 3.63) is 46.8 Å². The number of benzene rings is 1. The molecular weight excluding hydrogens is 294 g/mol. The summed E-state index contributed by atoms with van der Waals surface area (Å²) in [6, 6.07) is 7.88. The number of carbonyl (C=O) groups is 1. The average molecular weight is 315 g/mol. The van der Waals surface area contributed by atoms with Crippen molar-refractivity contribution in [2.45, 2.75) is 26.4 Å². The summed E-state index contributed by atoms with van der Waals surface area (Å²) in [7, 11) is 1.65. The molecule has 2 heterocycles. The Morgan fingerprint density at radius 1 is 1.35 bits per heavy atom. The summed E-state index contributed by atoms with van der Waals surface area (Å²) in [5, 5.41) is 7.81. The van der Waals surface area contributed by atoms with Crippen molar-refractivity contribution >= 4 is 5.97 Å². The molecule has 0 fully saturated rings. The van der Waals surface area contributed by atoms with Crippen LogP contribution in [0.25, 0.3) is 0 Å². The van der Waals surface area contributed by atoms with Crippen LogP contribution in [0.5, 0.6) is 5.75 Å². The van der Waals surface area contributed by atoms with Crippen LogP contribution in [0.1, 0.15) is 34.2 Å². The maximum Gasteiger partial charge on any atom is 0.359 e. The van der Waals surface area contributed by atoms with E-state index in [9.17, 15) is 4.79 Å². The lowest BCUT2D eigenvalue weighted by atomic mass is 10.1. The lowest BCUT2D eigenvalue weighted by Gasteiger charge is -2.15. The van der Waals surface area contributed by atoms with Crippen LogP contribution < -0.4 is 10.1 Å². The molecule has 0 unspecified atom stereocenters. The maximum atomic E-state index is 12.1. The van der Waals surface area contributed by atoms with E-state index in [0.29, 0.717) is 25.4 Å². The van der Waals surface area contributed by atoms with Crippen molar-refractivity contribution in [3.63, 3.8) is 0 Å². The molecule has 0 saturated heterocycles. The second-order valence-corrected chi connectivity index (χ2v) is 5.43. The molecule has 6 heteroatoms. The fourth-order valence-corrected chi connectivity index (χ4v) is 2.82. The van der Waals surface area contributed by atoms with Gasteiger partial charge in [-0.2, -0.15) is 5.10 Å². The smallest absolute Gasteiger partial charge is 0.359 e. The van der Waals surface area contributed by atoms with E-state index in [4.69, 9.17) is 9.47 Å². The first-order valence-electron chi connectivity index (χ1n) is 7.82. The van der Waals surface area contributed by atoms with Crippen molar-refractivity contribution in [2.24, 2.45) is 0 Å². The van der Waals surface area contributed by atoms with E-state index in [-0.39, 0.29) is 5.97 Å². The van der Waals surface area contributed by atoms with Crippen LogP contribution in [-0.2, 0) is 24.2 Å². The minimum atomic E-state index is -0.346. The third-order valence-electron chi connectivity index (χ3n) is 3.97. The Balaban J connectivity index is 1.90. The third kappa shape index (κ3) is 3.22. The lowest BCUT2D eigenvalue weighted by molar-refractivity contribution is 0.0517. The summed E-state index contributed by atoms with van der Waals surface area (Å²) in [5.74, 6) is 0.480. The van der Waals surface area contributed by atoms with Gasteiger partial charge in [-0.3, -0.25) is 4.68 Å². The highest BCUT2D eigenvalue weighted by molar-refractivity contribution is 5.89. The van der Waals surface area contributed by atoms with Crippen LogP contribution in [0.3, 0.4) is 0 Å².